The molecule has 19 heavy (non-hydrogen) atoms. The van der Waals surface area contributed by atoms with E-state index < -0.39 is 15.8 Å². The summed E-state index contributed by atoms with van der Waals surface area (Å²) in [4.78, 5) is 0.0531. The first-order valence-electron chi connectivity index (χ1n) is 6.02. The second-order valence-corrected chi connectivity index (χ2v) is 7.99. The minimum absolute atomic E-state index is 0.0531. The van der Waals surface area contributed by atoms with Gasteiger partial charge in [0.2, 0.25) is 10.0 Å². The van der Waals surface area contributed by atoms with E-state index >= 15 is 0 Å². The van der Waals surface area contributed by atoms with Crippen LogP contribution < -0.4 is 5.73 Å². The van der Waals surface area contributed by atoms with E-state index in [9.17, 15) is 12.8 Å². The van der Waals surface area contributed by atoms with Crippen molar-refractivity contribution in [1.29, 1.82) is 0 Å². The number of benzene rings is 1. The molecule has 1 heterocycles. The third-order valence-corrected chi connectivity index (χ3v) is 6.72. The summed E-state index contributed by atoms with van der Waals surface area (Å²) in [6.45, 7) is 4.37. The Morgan fingerprint density at radius 3 is 2.74 bits per heavy atom. The first kappa shape index (κ1) is 14.6. The summed E-state index contributed by atoms with van der Waals surface area (Å²) in [5.74, 6) is 0.163. The van der Waals surface area contributed by atoms with Crippen molar-refractivity contribution < 1.29 is 12.8 Å². The summed E-state index contributed by atoms with van der Waals surface area (Å²) >= 11 is 1.76. The summed E-state index contributed by atoms with van der Waals surface area (Å²) in [7, 11) is -3.61. The topological polar surface area (TPSA) is 63.4 Å². The second kappa shape index (κ2) is 5.30. The van der Waals surface area contributed by atoms with Crippen LogP contribution in [0.4, 0.5) is 10.1 Å². The van der Waals surface area contributed by atoms with E-state index in [2.05, 4.69) is 0 Å². The van der Waals surface area contributed by atoms with Gasteiger partial charge in [-0.15, -0.1) is 0 Å². The Morgan fingerprint density at radius 2 is 2.11 bits per heavy atom. The SMILES string of the molecule is CC1SCCN(S(=O)(=O)c2ccc(F)c(N)c2)C1C. The molecule has 1 aromatic rings. The number of thioether (sulfide) groups is 1. The molecule has 106 valence electrons. The van der Waals surface area contributed by atoms with Gasteiger partial charge in [-0.3, -0.25) is 0 Å². The molecule has 1 aliphatic heterocycles. The molecule has 0 bridgehead atoms. The Balaban J connectivity index is 2.38. The van der Waals surface area contributed by atoms with Gasteiger partial charge in [-0.1, -0.05) is 6.92 Å². The zero-order valence-electron chi connectivity index (χ0n) is 10.8. The van der Waals surface area contributed by atoms with Crippen LogP contribution in [-0.2, 0) is 10.0 Å². The van der Waals surface area contributed by atoms with Crippen LogP contribution in [0.2, 0.25) is 0 Å². The minimum Gasteiger partial charge on any atom is -0.396 e. The molecule has 0 amide bonds. The van der Waals surface area contributed by atoms with Crippen LogP contribution >= 0.6 is 11.8 Å². The average molecular weight is 304 g/mol. The maximum Gasteiger partial charge on any atom is 0.243 e. The molecular weight excluding hydrogens is 287 g/mol. The van der Waals surface area contributed by atoms with Gasteiger partial charge in [0, 0.05) is 23.6 Å². The van der Waals surface area contributed by atoms with Crippen LogP contribution in [0.5, 0.6) is 0 Å². The largest absolute Gasteiger partial charge is 0.396 e. The van der Waals surface area contributed by atoms with Crippen molar-refractivity contribution in [2.24, 2.45) is 0 Å². The number of halogens is 1. The molecule has 0 spiro atoms. The van der Waals surface area contributed by atoms with E-state index in [0.717, 1.165) is 11.8 Å². The third kappa shape index (κ3) is 2.73. The Morgan fingerprint density at radius 1 is 1.42 bits per heavy atom. The Labute approximate surface area is 117 Å². The van der Waals surface area contributed by atoms with Crippen molar-refractivity contribution in [3.8, 4) is 0 Å². The number of nitrogen functional groups attached to an aromatic ring is 1. The van der Waals surface area contributed by atoms with Gasteiger partial charge in [0.1, 0.15) is 5.82 Å². The Kier molecular flexibility index (Phi) is 4.08. The van der Waals surface area contributed by atoms with Gasteiger partial charge in [-0.25, -0.2) is 12.8 Å². The molecule has 0 saturated carbocycles. The molecule has 1 aliphatic rings. The molecule has 1 saturated heterocycles. The highest BCUT2D eigenvalue weighted by molar-refractivity contribution is 8.00. The van der Waals surface area contributed by atoms with Gasteiger partial charge in [-0.2, -0.15) is 16.1 Å². The van der Waals surface area contributed by atoms with E-state index in [0.29, 0.717) is 6.54 Å². The first-order chi connectivity index (χ1) is 8.84. The number of nitrogens with zero attached hydrogens (tertiary/aromatic N) is 1. The lowest BCUT2D eigenvalue weighted by Gasteiger charge is -2.36. The molecule has 0 aromatic heterocycles. The standard InChI is InChI=1S/C12H17FN2O2S2/c1-8-9(2)18-6-5-15(8)19(16,17)10-3-4-11(13)12(14)7-10/h3-4,7-9H,5-6,14H2,1-2H3. The van der Waals surface area contributed by atoms with Crippen LogP contribution in [0.1, 0.15) is 13.8 Å². The van der Waals surface area contributed by atoms with Gasteiger partial charge in [0.25, 0.3) is 0 Å². The van der Waals surface area contributed by atoms with Crippen LogP contribution in [-0.4, -0.2) is 36.3 Å². The van der Waals surface area contributed by atoms with Gasteiger partial charge in [0.05, 0.1) is 10.6 Å². The quantitative estimate of drug-likeness (QED) is 0.848. The van der Waals surface area contributed by atoms with Crippen molar-refractivity contribution in [3.63, 3.8) is 0 Å². The lowest BCUT2D eigenvalue weighted by molar-refractivity contribution is 0.340. The fourth-order valence-electron chi connectivity index (χ4n) is 2.06. The van der Waals surface area contributed by atoms with Crippen molar-refractivity contribution in [3.05, 3.63) is 24.0 Å². The van der Waals surface area contributed by atoms with E-state index in [-0.39, 0.29) is 21.9 Å². The molecule has 1 fully saturated rings. The lowest BCUT2D eigenvalue weighted by Crippen LogP contribution is -2.47. The molecule has 2 unspecified atom stereocenters. The van der Waals surface area contributed by atoms with Gasteiger partial charge in [0.15, 0.2) is 0 Å². The average Bonchev–Trinajstić information content (AvgIpc) is 2.35. The van der Waals surface area contributed by atoms with Gasteiger partial charge in [-0.05, 0) is 25.1 Å². The zero-order chi connectivity index (χ0) is 14.2. The normalized spacial score (nSPS) is 25.4. The summed E-state index contributed by atoms with van der Waals surface area (Å²) < 4.78 is 39.7. The first-order valence-corrected chi connectivity index (χ1v) is 8.51. The number of sulfonamides is 1. The molecule has 1 aromatic carbocycles. The van der Waals surface area contributed by atoms with Crippen molar-refractivity contribution >= 4 is 27.5 Å². The Hall–Kier alpha value is -0.790. The highest BCUT2D eigenvalue weighted by atomic mass is 32.2. The molecule has 0 radical (unpaired) electrons. The van der Waals surface area contributed by atoms with E-state index in [1.54, 1.807) is 11.8 Å². The Bertz CT molecular complexity index is 577. The van der Waals surface area contributed by atoms with Crippen LogP contribution in [0, 0.1) is 5.82 Å². The van der Waals surface area contributed by atoms with Crippen LogP contribution in [0.25, 0.3) is 0 Å². The van der Waals surface area contributed by atoms with Gasteiger partial charge >= 0.3 is 0 Å². The van der Waals surface area contributed by atoms with Crippen molar-refractivity contribution in [2.45, 2.75) is 30.0 Å². The fourth-order valence-corrected chi connectivity index (χ4v) is 5.09. The molecule has 7 heteroatoms. The molecule has 0 aliphatic carbocycles. The fraction of sp³-hybridized carbons (Fsp3) is 0.500. The smallest absolute Gasteiger partial charge is 0.243 e. The summed E-state index contributed by atoms with van der Waals surface area (Å²) in [5, 5.41) is 0.237. The van der Waals surface area contributed by atoms with E-state index in [1.165, 1.54) is 16.4 Å². The van der Waals surface area contributed by atoms with E-state index in [1.807, 2.05) is 13.8 Å². The van der Waals surface area contributed by atoms with Crippen molar-refractivity contribution in [2.75, 3.05) is 18.0 Å². The highest BCUT2D eigenvalue weighted by Crippen LogP contribution is 2.30. The van der Waals surface area contributed by atoms with E-state index in [4.69, 9.17) is 5.73 Å². The van der Waals surface area contributed by atoms with Crippen molar-refractivity contribution in [1.82, 2.24) is 4.31 Å². The number of hydrogen-bond donors (Lipinski definition) is 1. The number of hydrogen-bond acceptors (Lipinski definition) is 4. The predicted molar refractivity (Wildman–Crippen MR) is 76.1 cm³/mol. The highest BCUT2D eigenvalue weighted by Gasteiger charge is 2.35. The number of rotatable bonds is 2. The van der Waals surface area contributed by atoms with Crippen LogP contribution in [0.3, 0.4) is 0 Å². The van der Waals surface area contributed by atoms with Gasteiger partial charge < -0.3 is 5.73 Å². The molecular formula is C12H17FN2O2S2. The monoisotopic (exact) mass is 304 g/mol. The summed E-state index contributed by atoms with van der Waals surface area (Å²) in [6, 6.07) is 3.45. The number of anilines is 1. The number of nitrogens with two attached hydrogens (primary N) is 1. The molecule has 2 N–H and O–H groups in total. The summed E-state index contributed by atoms with van der Waals surface area (Å²) in [5.41, 5.74) is 5.30. The minimum atomic E-state index is -3.61. The van der Waals surface area contributed by atoms with Crippen LogP contribution in [0.15, 0.2) is 23.1 Å². The zero-order valence-corrected chi connectivity index (χ0v) is 12.5. The molecule has 2 atom stereocenters. The molecule has 4 nitrogen and oxygen atoms in total. The summed E-state index contributed by atoms with van der Waals surface area (Å²) in [6.07, 6.45) is 0. The lowest BCUT2D eigenvalue weighted by atomic mass is 10.2. The molecule has 2 rings (SSSR count). The predicted octanol–water partition coefficient (Wildman–Crippen LogP) is 1.92. The maximum atomic E-state index is 13.1. The third-order valence-electron chi connectivity index (χ3n) is 3.40. The maximum absolute atomic E-state index is 13.1. The second-order valence-electron chi connectivity index (χ2n) is 4.62.